The summed E-state index contributed by atoms with van der Waals surface area (Å²) in [5.74, 6) is 0.799. The van der Waals surface area contributed by atoms with Crippen molar-refractivity contribution in [3.05, 3.63) is 0 Å². The predicted octanol–water partition coefficient (Wildman–Crippen LogP) is 1.33. The van der Waals surface area contributed by atoms with Gasteiger partial charge in [-0.2, -0.15) is 12.6 Å². The maximum absolute atomic E-state index is 4.90. The lowest BCUT2D eigenvalue weighted by atomic mass is 10.2. The normalized spacial score (nSPS) is 25.0. The second-order valence-electron chi connectivity index (χ2n) is 2.38. The summed E-state index contributed by atoms with van der Waals surface area (Å²) in [5.41, 5.74) is 1.22. The lowest BCUT2D eigenvalue weighted by Gasteiger charge is -2.01. The highest BCUT2D eigenvalue weighted by Gasteiger charge is 2.15. The molecule has 0 aromatic carbocycles. The van der Waals surface area contributed by atoms with E-state index in [-0.39, 0.29) is 0 Å². The Labute approximate surface area is 69.1 Å². The highest BCUT2D eigenvalue weighted by molar-refractivity contribution is 7.81. The van der Waals surface area contributed by atoms with Gasteiger partial charge in [0.15, 0.2) is 0 Å². The van der Waals surface area contributed by atoms with Crippen LogP contribution in [0.25, 0.3) is 0 Å². The van der Waals surface area contributed by atoms with Crippen LogP contribution in [0.2, 0.25) is 0 Å². The van der Waals surface area contributed by atoms with Crippen molar-refractivity contribution in [2.24, 2.45) is 4.99 Å². The van der Waals surface area contributed by atoms with Gasteiger partial charge in [-0.25, -0.2) is 0 Å². The van der Waals surface area contributed by atoms with Gasteiger partial charge in [-0.05, 0) is 12.8 Å². The summed E-state index contributed by atoms with van der Waals surface area (Å²) in [5, 5.41) is 0. The molecule has 58 valence electrons. The Kier molecular flexibility index (Phi) is 3.68. The van der Waals surface area contributed by atoms with Crippen molar-refractivity contribution >= 4 is 27.8 Å². The summed E-state index contributed by atoms with van der Waals surface area (Å²) >= 11 is 4.15. The summed E-state index contributed by atoms with van der Waals surface area (Å²) in [6.45, 7) is 0.724. The number of aliphatic imine (C=N–C) groups is 1. The van der Waals surface area contributed by atoms with E-state index in [0.29, 0.717) is 6.04 Å². The number of nitrogens with zero attached hydrogens (tertiary/aromatic N) is 1. The molecule has 1 rings (SSSR count). The molecule has 1 aliphatic rings. The fraction of sp³-hybridized carbons (Fsp3) is 0.833. The van der Waals surface area contributed by atoms with Crippen molar-refractivity contribution in [1.82, 2.24) is 0 Å². The van der Waals surface area contributed by atoms with Crippen LogP contribution in [0.15, 0.2) is 4.99 Å². The molecule has 0 amide bonds. The van der Waals surface area contributed by atoms with Gasteiger partial charge < -0.3 is 4.52 Å². The maximum atomic E-state index is 4.90. The number of thiol groups is 1. The predicted molar refractivity (Wildman–Crippen MR) is 50.0 cm³/mol. The van der Waals surface area contributed by atoms with Crippen LogP contribution in [0, 0.1) is 0 Å². The van der Waals surface area contributed by atoms with Gasteiger partial charge in [-0.3, -0.25) is 4.99 Å². The Bertz CT molecular complexity index is 140. The Hall–Kier alpha value is 0.410. The zero-order chi connectivity index (χ0) is 7.40. The molecule has 4 heteroatoms. The number of rotatable bonds is 3. The molecule has 0 spiro atoms. The molecule has 0 aromatic rings. The van der Waals surface area contributed by atoms with E-state index in [9.17, 15) is 0 Å². The summed E-state index contributed by atoms with van der Waals surface area (Å²) < 4.78 is 4.90. The van der Waals surface area contributed by atoms with Crippen LogP contribution >= 0.6 is 22.1 Å². The molecular formula is C6H12NOPS. The molecule has 2 atom stereocenters. The van der Waals surface area contributed by atoms with Gasteiger partial charge in [0.25, 0.3) is 0 Å². The molecule has 2 nitrogen and oxygen atoms in total. The molecule has 1 aliphatic heterocycles. The first kappa shape index (κ1) is 8.51. The minimum absolute atomic E-state index is 0.389. The Morgan fingerprint density at radius 1 is 1.80 bits per heavy atom. The third-order valence-corrected chi connectivity index (χ3v) is 2.16. The highest BCUT2D eigenvalue weighted by atomic mass is 32.1. The van der Waals surface area contributed by atoms with Crippen molar-refractivity contribution < 1.29 is 4.52 Å². The molecule has 2 unspecified atom stereocenters. The summed E-state index contributed by atoms with van der Waals surface area (Å²) in [7, 11) is 2.25. The third kappa shape index (κ3) is 2.22. The average molecular weight is 177 g/mol. The van der Waals surface area contributed by atoms with E-state index < -0.39 is 0 Å². The van der Waals surface area contributed by atoms with E-state index in [0.717, 1.165) is 25.2 Å². The first-order chi connectivity index (χ1) is 4.86. The minimum Gasteiger partial charge on any atom is -0.363 e. The summed E-state index contributed by atoms with van der Waals surface area (Å²) in [4.78, 5) is 4.40. The van der Waals surface area contributed by atoms with E-state index in [1.807, 2.05) is 0 Å². The van der Waals surface area contributed by atoms with Gasteiger partial charge in [0.1, 0.15) is 0 Å². The van der Waals surface area contributed by atoms with Gasteiger partial charge in [0.2, 0.25) is 0 Å². The molecule has 0 saturated heterocycles. The number of hydrogen-bond acceptors (Lipinski definition) is 3. The van der Waals surface area contributed by atoms with Crippen molar-refractivity contribution in [2.45, 2.75) is 18.9 Å². The molecule has 0 radical (unpaired) electrons. The fourth-order valence-electron chi connectivity index (χ4n) is 1.07. The van der Waals surface area contributed by atoms with Crippen LogP contribution in [0.3, 0.4) is 0 Å². The summed E-state index contributed by atoms with van der Waals surface area (Å²) in [6, 6.07) is 0.389. The molecule has 0 aliphatic carbocycles. The van der Waals surface area contributed by atoms with Crippen LogP contribution in [0.4, 0.5) is 0 Å². The van der Waals surface area contributed by atoms with Crippen molar-refractivity contribution in [3.8, 4) is 0 Å². The molecule has 1 heterocycles. The quantitative estimate of drug-likeness (QED) is 0.509. The van der Waals surface area contributed by atoms with Crippen LogP contribution in [0.1, 0.15) is 12.8 Å². The van der Waals surface area contributed by atoms with Gasteiger partial charge in [-0.1, -0.05) is 0 Å². The topological polar surface area (TPSA) is 21.6 Å². The van der Waals surface area contributed by atoms with E-state index in [2.05, 4.69) is 27.1 Å². The zero-order valence-corrected chi connectivity index (χ0v) is 7.83. The second kappa shape index (κ2) is 4.32. The van der Waals surface area contributed by atoms with Crippen LogP contribution < -0.4 is 0 Å². The Morgan fingerprint density at radius 2 is 2.60 bits per heavy atom. The molecular weight excluding hydrogens is 165 g/mol. The van der Waals surface area contributed by atoms with Crippen molar-refractivity contribution in [1.29, 1.82) is 0 Å². The van der Waals surface area contributed by atoms with E-state index in [1.165, 1.54) is 5.71 Å². The second-order valence-corrected chi connectivity index (χ2v) is 3.03. The smallest absolute Gasteiger partial charge is 0.0739 e. The lowest BCUT2D eigenvalue weighted by Crippen LogP contribution is -2.05. The fourth-order valence-corrected chi connectivity index (χ4v) is 1.53. The molecule has 0 N–H and O–H groups in total. The van der Waals surface area contributed by atoms with Crippen LogP contribution in [-0.4, -0.2) is 24.1 Å². The van der Waals surface area contributed by atoms with Gasteiger partial charge >= 0.3 is 0 Å². The Morgan fingerprint density at radius 3 is 3.10 bits per heavy atom. The molecule has 0 fully saturated rings. The summed E-state index contributed by atoms with van der Waals surface area (Å²) in [6.07, 6.45) is 2.23. The maximum Gasteiger partial charge on any atom is 0.0739 e. The SMILES string of the molecule is POCC1CCC(CS)=N1. The van der Waals surface area contributed by atoms with Crippen LogP contribution in [-0.2, 0) is 4.52 Å². The highest BCUT2D eigenvalue weighted by Crippen LogP contribution is 2.14. The van der Waals surface area contributed by atoms with Gasteiger partial charge in [0, 0.05) is 20.9 Å². The average Bonchev–Trinajstić information content (AvgIpc) is 2.37. The molecule has 0 aromatic heterocycles. The number of hydrogen-bond donors (Lipinski definition) is 1. The largest absolute Gasteiger partial charge is 0.363 e. The van der Waals surface area contributed by atoms with Gasteiger partial charge in [-0.15, -0.1) is 0 Å². The zero-order valence-electron chi connectivity index (χ0n) is 5.79. The monoisotopic (exact) mass is 177 g/mol. The van der Waals surface area contributed by atoms with E-state index in [4.69, 9.17) is 4.52 Å². The van der Waals surface area contributed by atoms with Crippen LogP contribution in [0.5, 0.6) is 0 Å². The molecule has 0 bridgehead atoms. The van der Waals surface area contributed by atoms with E-state index in [1.54, 1.807) is 0 Å². The third-order valence-electron chi connectivity index (χ3n) is 1.60. The van der Waals surface area contributed by atoms with Crippen molar-refractivity contribution in [3.63, 3.8) is 0 Å². The Balaban J connectivity index is 2.32. The standard InChI is InChI=1S/C6H12NOPS/c9-8-3-5-1-2-6(4-10)7-5/h5,10H,1-4,9H2. The van der Waals surface area contributed by atoms with Gasteiger partial charge in [0.05, 0.1) is 12.6 Å². The van der Waals surface area contributed by atoms with E-state index >= 15 is 0 Å². The molecule has 10 heavy (non-hydrogen) atoms. The minimum atomic E-state index is 0.389. The lowest BCUT2D eigenvalue weighted by molar-refractivity contribution is 0.334. The van der Waals surface area contributed by atoms with Crippen molar-refractivity contribution in [2.75, 3.05) is 12.4 Å². The first-order valence-corrected chi connectivity index (χ1v) is 4.45. The first-order valence-electron chi connectivity index (χ1n) is 3.35. The molecule has 0 saturated carbocycles.